The standard InChI is InChI=1S/C21H30O8/c1-6-26-16-11-10-15(17(12-16)27-7-2)13-21(14-18(22)25-5,19(23)28-8-3)20(24)29-9-4/h10-12H,6-9,13-14H2,1-5H3. The Morgan fingerprint density at radius 1 is 0.862 bits per heavy atom. The van der Waals surface area contributed by atoms with E-state index in [-0.39, 0.29) is 19.6 Å². The minimum Gasteiger partial charge on any atom is -0.494 e. The summed E-state index contributed by atoms with van der Waals surface area (Å²) in [4.78, 5) is 37.9. The molecule has 29 heavy (non-hydrogen) atoms. The highest BCUT2D eigenvalue weighted by molar-refractivity contribution is 6.03. The van der Waals surface area contributed by atoms with Crippen molar-refractivity contribution >= 4 is 17.9 Å². The summed E-state index contributed by atoms with van der Waals surface area (Å²) in [5.74, 6) is -1.39. The van der Waals surface area contributed by atoms with Crippen LogP contribution in [0.15, 0.2) is 18.2 Å². The molecule has 0 heterocycles. The van der Waals surface area contributed by atoms with Gasteiger partial charge >= 0.3 is 17.9 Å². The first-order valence-electron chi connectivity index (χ1n) is 9.68. The Labute approximate surface area is 171 Å². The average molecular weight is 410 g/mol. The third kappa shape index (κ3) is 6.37. The number of methoxy groups -OCH3 is 1. The second-order valence-electron chi connectivity index (χ2n) is 6.09. The van der Waals surface area contributed by atoms with Gasteiger partial charge in [0.05, 0.1) is 40.0 Å². The Kier molecular flexibility index (Phi) is 9.99. The Morgan fingerprint density at radius 2 is 1.45 bits per heavy atom. The molecular formula is C21H30O8. The summed E-state index contributed by atoms with van der Waals surface area (Å²) in [5, 5.41) is 0. The molecular weight excluding hydrogens is 380 g/mol. The van der Waals surface area contributed by atoms with Crippen molar-refractivity contribution in [1.82, 2.24) is 0 Å². The summed E-state index contributed by atoms with van der Waals surface area (Å²) < 4.78 is 26.2. The zero-order valence-corrected chi connectivity index (χ0v) is 17.7. The third-order valence-corrected chi connectivity index (χ3v) is 4.15. The molecule has 0 aromatic heterocycles. The fourth-order valence-corrected chi connectivity index (χ4v) is 2.84. The zero-order chi connectivity index (χ0) is 21.9. The Morgan fingerprint density at radius 3 is 1.93 bits per heavy atom. The second kappa shape index (κ2) is 11.9. The van der Waals surface area contributed by atoms with Crippen molar-refractivity contribution in [1.29, 1.82) is 0 Å². The van der Waals surface area contributed by atoms with Crippen molar-refractivity contribution < 1.29 is 38.1 Å². The summed E-state index contributed by atoms with van der Waals surface area (Å²) in [6.45, 7) is 7.84. The van der Waals surface area contributed by atoms with E-state index in [9.17, 15) is 14.4 Å². The van der Waals surface area contributed by atoms with Crippen LogP contribution in [0.2, 0.25) is 0 Å². The minimum atomic E-state index is -1.89. The normalized spacial score (nSPS) is 10.8. The van der Waals surface area contributed by atoms with Crippen LogP contribution in [-0.4, -0.2) is 51.4 Å². The second-order valence-corrected chi connectivity index (χ2v) is 6.09. The van der Waals surface area contributed by atoms with E-state index in [1.807, 2.05) is 13.8 Å². The lowest BCUT2D eigenvalue weighted by atomic mass is 9.78. The smallest absolute Gasteiger partial charge is 0.324 e. The topological polar surface area (TPSA) is 97.4 Å². The van der Waals surface area contributed by atoms with E-state index in [0.717, 1.165) is 0 Å². The molecule has 0 saturated heterocycles. The van der Waals surface area contributed by atoms with Crippen LogP contribution >= 0.6 is 0 Å². The van der Waals surface area contributed by atoms with Crippen molar-refractivity contribution in [3.8, 4) is 11.5 Å². The van der Waals surface area contributed by atoms with Gasteiger partial charge in [0, 0.05) is 12.5 Å². The fraction of sp³-hybridized carbons (Fsp3) is 0.571. The van der Waals surface area contributed by atoms with E-state index in [1.54, 1.807) is 32.0 Å². The number of ether oxygens (including phenoxy) is 5. The van der Waals surface area contributed by atoms with Gasteiger partial charge in [0.15, 0.2) is 5.41 Å². The number of hydrogen-bond acceptors (Lipinski definition) is 8. The van der Waals surface area contributed by atoms with Crippen molar-refractivity contribution in [3.05, 3.63) is 23.8 Å². The maximum Gasteiger partial charge on any atom is 0.324 e. The molecule has 0 aliphatic heterocycles. The van der Waals surface area contributed by atoms with Crippen LogP contribution in [0.25, 0.3) is 0 Å². The third-order valence-electron chi connectivity index (χ3n) is 4.15. The first-order valence-corrected chi connectivity index (χ1v) is 9.68. The molecule has 1 aromatic rings. The van der Waals surface area contributed by atoms with Gasteiger partial charge in [-0.2, -0.15) is 0 Å². The highest BCUT2D eigenvalue weighted by Crippen LogP contribution is 2.36. The van der Waals surface area contributed by atoms with Gasteiger partial charge in [0.2, 0.25) is 0 Å². The van der Waals surface area contributed by atoms with E-state index >= 15 is 0 Å². The largest absolute Gasteiger partial charge is 0.494 e. The van der Waals surface area contributed by atoms with Gasteiger partial charge in [0.25, 0.3) is 0 Å². The SMILES string of the molecule is CCOC(=O)C(CC(=O)OC)(Cc1ccc(OCC)cc1OCC)C(=O)OCC. The summed E-state index contributed by atoms with van der Waals surface area (Å²) in [6, 6.07) is 5.09. The number of esters is 3. The van der Waals surface area contributed by atoms with E-state index in [0.29, 0.717) is 30.3 Å². The maximum absolute atomic E-state index is 12.9. The lowest BCUT2D eigenvalue weighted by Crippen LogP contribution is -2.46. The molecule has 0 saturated carbocycles. The van der Waals surface area contributed by atoms with Crippen LogP contribution in [-0.2, 0) is 35.0 Å². The molecule has 0 spiro atoms. The Hall–Kier alpha value is -2.77. The molecule has 8 heteroatoms. The molecule has 0 fully saturated rings. The summed E-state index contributed by atoms with van der Waals surface area (Å²) in [5.41, 5.74) is -1.35. The van der Waals surface area contributed by atoms with Gasteiger partial charge in [-0.3, -0.25) is 14.4 Å². The van der Waals surface area contributed by atoms with Crippen molar-refractivity contribution in [3.63, 3.8) is 0 Å². The first kappa shape index (κ1) is 24.3. The lowest BCUT2D eigenvalue weighted by Gasteiger charge is -2.29. The number of carbonyl (C=O) groups is 3. The Bertz CT molecular complexity index is 680. The van der Waals surface area contributed by atoms with Crippen molar-refractivity contribution in [2.45, 2.75) is 40.5 Å². The molecule has 0 bridgehead atoms. The molecule has 0 aliphatic rings. The fourth-order valence-electron chi connectivity index (χ4n) is 2.84. The molecule has 0 N–H and O–H groups in total. The first-order chi connectivity index (χ1) is 13.9. The van der Waals surface area contributed by atoms with Crippen LogP contribution in [0.5, 0.6) is 11.5 Å². The number of rotatable bonds is 12. The average Bonchev–Trinajstić information content (AvgIpc) is 2.69. The van der Waals surface area contributed by atoms with E-state index in [4.69, 9.17) is 23.7 Å². The molecule has 1 rings (SSSR count). The lowest BCUT2D eigenvalue weighted by molar-refractivity contribution is -0.176. The van der Waals surface area contributed by atoms with E-state index in [2.05, 4.69) is 0 Å². The molecule has 0 atom stereocenters. The van der Waals surface area contributed by atoms with Crippen molar-refractivity contribution in [2.24, 2.45) is 5.41 Å². The van der Waals surface area contributed by atoms with Crippen molar-refractivity contribution in [2.75, 3.05) is 33.5 Å². The molecule has 0 aliphatic carbocycles. The van der Waals surface area contributed by atoms with Crippen LogP contribution in [0.3, 0.4) is 0 Å². The minimum absolute atomic E-state index is 0.0444. The number of benzene rings is 1. The highest BCUT2D eigenvalue weighted by Gasteiger charge is 2.51. The zero-order valence-electron chi connectivity index (χ0n) is 17.7. The van der Waals surface area contributed by atoms with Gasteiger partial charge in [-0.15, -0.1) is 0 Å². The quantitative estimate of drug-likeness (QED) is 0.295. The van der Waals surface area contributed by atoms with Crippen LogP contribution in [0.1, 0.15) is 39.7 Å². The van der Waals surface area contributed by atoms with E-state index in [1.165, 1.54) is 7.11 Å². The van der Waals surface area contributed by atoms with Crippen LogP contribution < -0.4 is 9.47 Å². The van der Waals surface area contributed by atoms with Gasteiger partial charge in [-0.1, -0.05) is 6.07 Å². The predicted octanol–water partition coefficient (Wildman–Crippen LogP) is 2.70. The Balaban J connectivity index is 3.49. The molecule has 0 radical (unpaired) electrons. The number of carbonyl (C=O) groups excluding carboxylic acids is 3. The monoisotopic (exact) mass is 410 g/mol. The molecule has 8 nitrogen and oxygen atoms in total. The maximum atomic E-state index is 12.9. The summed E-state index contributed by atoms with van der Waals surface area (Å²) >= 11 is 0. The highest BCUT2D eigenvalue weighted by atomic mass is 16.6. The van der Waals surface area contributed by atoms with Crippen LogP contribution in [0, 0.1) is 5.41 Å². The summed E-state index contributed by atoms with van der Waals surface area (Å²) in [7, 11) is 1.19. The molecule has 162 valence electrons. The van der Waals surface area contributed by atoms with Gasteiger partial charge in [0.1, 0.15) is 11.5 Å². The van der Waals surface area contributed by atoms with Gasteiger partial charge in [-0.25, -0.2) is 0 Å². The summed E-state index contributed by atoms with van der Waals surface area (Å²) in [6.07, 6.45) is -0.665. The number of hydrogen-bond donors (Lipinski definition) is 0. The molecule has 0 unspecified atom stereocenters. The predicted molar refractivity (Wildman–Crippen MR) is 105 cm³/mol. The van der Waals surface area contributed by atoms with Crippen LogP contribution in [0.4, 0.5) is 0 Å². The van der Waals surface area contributed by atoms with E-state index < -0.39 is 29.7 Å². The van der Waals surface area contributed by atoms with Gasteiger partial charge < -0.3 is 23.7 Å². The molecule has 0 amide bonds. The van der Waals surface area contributed by atoms with Gasteiger partial charge in [-0.05, 0) is 39.3 Å². The molecule has 1 aromatic carbocycles.